The largest absolute Gasteiger partial charge is 0.328 e. The van der Waals surface area contributed by atoms with E-state index in [1.165, 1.54) is 0 Å². The second kappa shape index (κ2) is 6.14. The highest BCUT2D eigenvalue weighted by Crippen LogP contribution is 2.07. The maximum Gasteiger partial charge on any atom is 0.318 e. The number of carbonyl (C=O) groups is 1. The predicted molar refractivity (Wildman–Crippen MR) is 73.8 cm³/mol. The Morgan fingerprint density at radius 1 is 1.55 bits per heavy atom. The Labute approximate surface area is 117 Å². The first-order valence-electron chi connectivity index (χ1n) is 6.35. The topological polar surface area (TPSA) is 86.8 Å². The van der Waals surface area contributed by atoms with Crippen LogP contribution in [0.1, 0.15) is 30.2 Å². The number of amides is 2. The van der Waals surface area contributed by atoms with Crippen molar-refractivity contribution in [3.63, 3.8) is 0 Å². The fourth-order valence-electron chi connectivity index (χ4n) is 1.75. The van der Waals surface area contributed by atoms with E-state index in [4.69, 9.17) is 0 Å². The quantitative estimate of drug-likeness (QED) is 0.882. The van der Waals surface area contributed by atoms with E-state index in [1.54, 1.807) is 24.3 Å². The molecule has 2 heterocycles. The van der Waals surface area contributed by atoms with Gasteiger partial charge < -0.3 is 10.2 Å². The van der Waals surface area contributed by atoms with Crippen LogP contribution in [0.3, 0.4) is 0 Å². The van der Waals surface area contributed by atoms with E-state index >= 15 is 0 Å². The number of H-pyrrole nitrogens is 1. The Morgan fingerprint density at radius 2 is 2.35 bits per heavy atom. The Balaban J connectivity index is 1.91. The molecular formula is C13H18N6O. The average Bonchev–Trinajstić information content (AvgIpc) is 2.86. The standard InChI is InChI=1S/C13H18N6O/c1-9(12-16-10(2)17-18-12)15-13(20)19(3)8-11-5-4-6-14-7-11/h4-7,9H,8H2,1-3H3,(H,15,20)(H,16,17,18)/t9-/m1/s1. The molecule has 2 aromatic heterocycles. The van der Waals surface area contributed by atoms with Gasteiger partial charge in [0.1, 0.15) is 5.82 Å². The van der Waals surface area contributed by atoms with Crippen molar-refractivity contribution in [3.8, 4) is 0 Å². The molecule has 0 aliphatic heterocycles. The van der Waals surface area contributed by atoms with E-state index < -0.39 is 0 Å². The van der Waals surface area contributed by atoms with Crippen molar-refractivity contribution in [1.29, 1.82) is 0 Å². The van der Waals surface area contributed by atoms with Crippen LogP contribution >= 0.6 is 0 Å². The second-order valence-electron chi connectivity index (χ2n) is 4.67. The summed E-state index contributed by atoms with van der Waals surface area (Å²) in [5, 5.41) is 9.64. The minimum absolute atomic E-state index is 0.177. The van der Waals surface area contributed by atoms with Gasteiger partial charge in [-0.3, -0.25) is 10.1 Å². The van der Waals surface area contributed by atoms with Crippen molar-refractivity contribution in [2.24, 2.45) is 0 Å². The maximum atomic E-state index is 12.1. The first-order valence-corrected chi connectivity index (χ1v) is 6.35. The van der Waals surface area contributed by atoms with Gasteiger partial charge in [-0.05, 0) is 25.5 Å². The molecule has 2 rings (SSSR count). The first-order chi connectivity index (χ1) is 9.56. The molecule has 0 bridgehead atoms. The molecule has 0 aliphatic rings. The highest BCUT2D eigenvalue weighted by molar-refractivity contribution is 5.74. The molecule has 0 radical (unpaired) electrons. The third-order valence-corrected chi connectivity index (χ3v) is 2.83. The molecule has 0 saturated carbocycles. The minimum Gasteiger partial charge on any atom is -0.328 e. The van der Waals surface area contributed by atoms with Gasteiger partial charge in [0.05, 0.1) is 6.04 Å². The van der Waals surface area contributed by atoms with Gasteiger partial charge in [-0.1, -0.05) is 6.07 Å². The van der Waals surface area contributed by atoms with Crippen LogP contribution in [0, 0.1) is 6.92 Å². The zero-order valence-electron chi connectivity index (χ0n) is 11.8. The highest BCUT2D eigenvalue weighted by atomic mass is 16.2. The molecule has 2 N–H and O–H groups in total. The van der Waals surface area contributed by atoms with Crippen molar-refractivity contribution < 1.29 is 4.79 Å². The van der Waals surface area contributed by atoms with Gasteiger partial charge >= 0.3 is 6.03 Å². The number of nitrogens with zero attached hydrogens (tertiary/aromatic N) is 4. The van der Waals surface area contributed by atoms with Crippen molar-refractivity contribution in [2.75, 3.05) is 7.05 Å². The zero-order chi connectivity index (χ0) is 14.5. The molecule has 0 unspecified atom stereocenters. The lowest BCUT2D eigenvalue weighted by Crippen LogP contribution is -2.38. The van der Waals surface area contributed by atoms with Crippen molar-refractivity contribution in [2.45, 2.75) is 26.4 Å². The Kier molecular flexibility index (Phi) is 4.29. The molecule has 1 atom stereocenters. The monoisotopic (exact) mass is 274 g/mol. The maximum absolute atomic E-state index is 12.1. The molecule has 2 aromatic rings. The number of urea groups is 1. The van der Waals surface area contributed by atoms with Crippen molar-refractivity contribution in [1.82, 2.24) is 30.4 Å². The lowest BCUT2D eigenvalue weighted by molar-refractivity contribution is 0.203. The number of carbonyl (C=O) groups excluding carboxylic acids is 1. The number of hydrogen-bond donors (Lipinski definition) is 2. The third kappa shape index (κ3) is 3.53. The van der Waals surface area contributed by atoms with Crippen LogP contribution in [0.5, 0.6) is 0 Å². The number of aromatic nitrogens is 4. The molecule has 0 spiro atoms. The minimum atomic E-state index is -0.246. The van der Waals surface area contributed by atoms with E-state index in [0.29, 0.717) is 12.4 Å². The summed E-state index contributed by atoms with van der Waals surface area (Å²) >= 11 is 0. The molecule has 20 heavy (non-hydrogen) atoms. The van der Waals surface area contributed by atoms with Crippen LogP contribution in [-0.4, -0.2) is 38.1 Å². The summed E-state index contributed by atoms with van der Waals surface area (Å²) in [6.07, 6.45) is 3.45. The van der Waals surface area contributed by atoms with E-state index in [9.17, 15) is 4.79 Å². The summed E-state index contributed by atoms with van der Waals surface area (Å²) in [5.41, 5.74) is 0.978. The molecule has 0 aromatic carbocycles. The van der Waals surface area contributed by atoms with Crippen LogP contribution in [-0.2, 0) is 6.54 Å². The summed E-state index contributed by atoms with van der Waals surface area (Å²) < 4.78 is 0. The molecule has 0 fully saturated rings. The van der Waals surface area contributed by atoms with Gasteiger partial charge in [0, 0.05) is 26.0 Å². The summed E-state index contributed by atoms with van der Waals surface area (Å²) in [6, 6.07) is 3.35. The molecular weight excluding hydrogens is 256 g/mol. The Hall–Kier alpha value is -2.44. The number of aromatic amines is 1. The molecule has 106 valence electrons. The van der Waals surface area contributed by atoms with Crippen LogP contribution in [0.15, 0.2) is 24.5 Å². The van der Waals surface area contributed by atoms with E-state index in [1.807, 2.05) is 26.0 Å². The fraction of sp³-hybridized carbons (Fsp3) is 0.385. The lowest BCUT2D eigenvalue weighted by atomic mass is 10.3. The van der Waals surface area contributed by atoms with Crippen molar-refractivity contribution in [3.05, 3.63) is 41.7 Å². The number of hydrogen-bond acceptors (Lipinski definition) is 4. The van der Waals surface area contributed by atoms with Gasteiger partial charge in [0.15, 0.2) is 5.82 Å². The van der Waals surface area contributed by atoms with E-state index in [-0.39, 0.29) is 12.1 Å². The number of nitrogens with one attached hydrogen (secondary N) is 2. The average molecular weight is 274 g/mol. The van der Waals surface area contributed by atoms with Crippen LogP contribution in [0.2, 0.25) is 0 Å². The van der Waals surface area contributed by atoms with Crippen LogP contribution in [0.25, 0.3) is 0 Å². The molecule has 7 heteroatoms. The van der Waals surface area contributed by atoms with E-state index in [0.717, 1.165) is 11.4 Å². The summed E-state index contributed by atoms with van der Waals surface area (Å²) in [5.74, 6) is 1.30. The van der Waals surface area contributed by atoms with Gasteiger partial charge in [-0.2, -0.15) is 5.10 Å². The highest BCUT2D eigenvalue weighted by Gasteiger charge is 2.16. The molecule has 7 nitrogen and oxygen atoms in total. The fourth-order valence-corrected chi connectivity index (χ4v) is 1.75. The predicted octanol–water partition coefficient (Wildman–Crippen LogP) is 1.41. The van der Waals surface area contributed by atoms with Crippen molar-refractivity contribution >= 4 is 6.03 Å². The SMILES string of the molecule is Cc1nc([C@@H](C)NC(=O)N(C)Cc2cccnc2)n[nH]1. The third-order valence-electron chi connectivity index (χ3n) is 2.83. The van der Waals surface area contributed by atoms with E-state index in [2.05, 4.69) is 25.5 Å². The van der Waals surface area contributed by atoms with Gasteiger partial charge in [-0.25, -0.2) is 9.78 Å². The molecule has 2 amide bonds. The van der Waals surface area contributed by atoms with Crippen LogP contribution < -0.4 is 5.32 Å². The Bertz CT molecular complexity index is 567. The van der Waals surface area contributed by atoms with Gasteiger partial charge in [0.25, 0.3) is 0 Å². The molecule has 0 saturated heterocycles. The molecule has 0 aliphatic carbocycles. The summed E-state index contributed by atoms with van der Waals surface area (Å²) in [7, 11) is 1.73. The number of aryl methyl sites for hydroxylation is 1. The first kappa shape index (κ1) is 14.0. The normalized spacial score (nSPS) is 11.9. The lowest BCUT2D eigenvalue weighted by Gasteiger charge is -2.20. The summed E-state index contributed by atoms with van der Waals surface area (Å²) in [4.78, 5) is 21.9. The summed E-state index contributed by atoms with van der Waals surface area (Å²) in [6.45, 7) is 4.16. The second-order valence-corrected chi connectivity index (χ2v) is 4.67. The number of rotatable bonds is 4. The zero-order valence-corrected chi connectivity index (χ0v) is 11.8. The number of pyridine rings is 1. The Morgan fingerprint density at radius 3 is 2.95 bits per heavy atom. The van der Waals surface area contributed by atoms with Crippen LogP contribution in [0.4, 0.5) is 4.79 Å². The smallest absolute Gasteiger partial charge is 0.318 e. The van der Waals surface area contributed by atoms with Gasteiger partial charge in [-0.15, -0.1) is 0 Å². The van der Waals surface area contributed by atoms with Gasteiger partial charge in [0.2, 0.25) is 0 Å².